The van der Waals surface area contributed by atoms with Crippen molar-refractivity contribution < 1.29 is 18.3 Å². The van der Waals surface area contributed by atoms with E-state index in [1.165, 1.54) is 12.1 Å². The summed E-state index contributed by atoms with van der Waals surface area (Å²) in [7, 11) is 0. The standard InChI is InChI=1S/C12H14F2N2O2/c13-12(14)18-10-4-2-1-3-9(10)11(17)16-6-5-8(15)7-16/h1-4,8,12H,5-7,15H2. The normalized spacial score (nSPS) is 19.3. The molecule has 0 bridgehead atoms. The van der Waals surface area contributed by atoms with Gasteiger partial charge in [0, 0.05) is 19.1 Å². The number of nitrogens with two attached hydrogens (primary N) is 1. The Labute approximate surface area is 103 Å². The number of hydrogen-bond donors (Lipinski definition) is 1. The van der Waals surface area contributed by atoms with Crippen molar-refractivity contribution in [3.8, 4) is 5.75 Å². The molecule has 1 unspecified atom stereocenters. The zero-order valence-electron chi connectivity index (χ0n) is 9.68. The minimum Gasteiger partial charge on any atom is -0.434 e. The lowest BCUT2D eigenvalue weighted by Gasteiger charge is -2.17. The Kier molecular flexibility index (Phi) is 3.76. The maximum absolute atomic E-state index is 12.2. The summed E-state index contributed by atoms with van der Waals surface area (Å²) in [5, 5.41) is 0. The fourth-order valence-electron chi connectivity index (χ4n) is 1.98. The van der Waals surface area contributed by atoms with Crippen LogP contribution in [0.3, 0.4) is 0 Å². The van der Waals surface area contributed by atoms with Crippen molar-refractivity contribution in [2.45, 2.75) is 19.1 Å². The highest BCUT2D eigenvalue weighted by molar-refractivity contribution is 5.97. The Morgan fingerprint density at radius 1 is 1.44 bits per heavy atom. The van der Waals surface area contributed by atoms with Gasteiger partial charge in [0.15, 0.2) is 0 Å². The third-order valence-electron chi connectivity index (χ3n) is 2.85. The van der Waals surface area contributed by atoms with Crippen molar-refractivity contribution in [3.63, 3.8) is 0 Å². The number of alkyl halides is 2. The number of ether oxygens (including phenoxy) is 1. The second kappa shape index (κ2) is 5.30. The van der Waals surface area contributed by atoms with E-state index in [1.807, 2.05) is 0 Å². The Morgan fingerprint density at radius 2 is 2.17 bits per heavy atom. The van der Waals surface area contributed by atoms with Gasteiger partial charge in [0.25, 0.3) is 5.91 Å². The number of amides is 1. The summed E-state index contributed by atoms with van der Waals surface area (Å²) in [6, 6.07) is 5.95. The summed E-state index contributed by atoms with van der Waals surface area (Å²) in [4.78, 5) is 13.7. The van der Waals surface area contributed by atoms with Gasteiger partial charge in [0.2, 0.25) is 0 Å². The molecule has 2 N–H and O–H groups in total. The Balaban J connectivity index is 2.19. The van der Waals surface area contributed by atoms with Gasteiger partial charge in [0.1, 0.15) is 5.75 Å². The predicted molar refractivity (Wildman–Crippen MR) is 61.6 cm³/mol. The lowest BCUT2D eigenvalue weighted by Crippen LogP contribution is -2.32. The fourth-order valence-corrected chi connectivity index (χ4v) is 1.98. The van der Waals surface area contributed by atoms with E-state index in [9.17, 15) is 13.6 Å². The van der Waals surface area contributed by atoms with Crippen molar-refractivity contribution in [1.82, 2.24) is 4.90 Å². The van der Waals surface area contributed by atoms with Gasteiger partial charge in [0.05, 0.1) is 5.56 Å². The summed E-state index contributed by atoms with van der Waals surface area (Å²) in [5.74, 6) is -0.419. The van der Waals surface area contributed by atoms with Crippen molar-refractivity contribution in [2.75, 3.05) is 13.1 Å². The summed E-state index contributed by atoms with van der Waals surface area (Å²) in [5.41, 5.74) is 5.86. The molecule has 1 saturated heterocycles. The molecular formula is C12H14F2N2O2. The van der Waals surface area contributed by atoms with E-state index in [-0.39, 0.29) is 23.3 Å². The van der Waals surface area contributed by atoms with Crippen molar-refractivity contribution in [2.24, 2.45) is 5.73 Å². The molecule has 0 spiro atoms. The quantitative estimate of drug-likeness (QED) is 0.890. The summed E-state index contributed by atoms with van der Waals surface area (Å²) >= 11 is 0. The molecule has 18 heavy (non-hydrogen) atoms. The number of halogens is 2. The van der Waals surface area contributed by atoms with Gasteiger partial charge in [-0.3, -0.25) is 4.79 Å². The molecule has 6 heteroatoms. The van der Waals surface area contributed by atoms with Crippen molar-refractivity contribution >= 4 is 5.91 Å². The zero-order chi connectivity index (χ0) is 13.1. The molecule has 1 atom stereocenters. The smallest absolute Gasteiger partial charge is 0.387 e. The highest BCUT2D eigenvalue weighted by Gasteiger charge is 2.26. The molecule has 1 aliphatic heterocycles. The van der Waals surface area contributed by atoms with Gasteiger partial charge >= 0.3 is 6.61 Å². The first-order valence-electron chi connectivity index (χ1n) is 5.66. The third kappa shape index (κ3) is 2.76. The number of rotatable bonds is 3. The molecule has 1 heterocycles. The Hall–Kier alpha value is -1.69. The highest BCUT2D eigenvalue weighted by atomic mass is 19.3. The maximum Gasteiger partial charge on any atom is 0.387 e. The molecule has 98 valence electrons. The van der Waals surface area contributed by atoms with E-state index in [1.54, 1.807) is 17.0 Å². The van der Waals surface area contributed by atoms with E-state index in [2.05, 4.69) is 4.74 Å². The first-order chi connectivity index (χ1) is 8.58. The van der Waals surface area contributed by atoms with Crippen LogP contribution in [0.5, 0.6) is 5.75 Å². The van der Waals surface area contributed by atoms with Crippen LogP contribution in [0.1, 0.15) is 16.8 Å². The average molecular weight is 256 g/mol. The second-order valence-electron chi connectivity index (χ2n) is 4.17. The molecule has 1 aromatic rings. The van der Waals surface area contributed by atoms with Crippen molar-refractivity contribution in [1.29, 1.82) is 0 Å². The van der Waals surface area contributed by atoms with E-state index < -0.39 is 6.61 Å². The molecule has 1 fully saturated rings. The van der Waals surface area contributed by atoms with Crippen LogP contribution in [-0.2, 0) is 0 Å². The number of hydrogen-bond acceptors (Lipinski definition) is 3. The molecule has 2 rings (SSSR count). The van der Waals surface area contributed by atoms with Gasteiger partial charge in [-0.1, -0.05) is 12.1 Å². The van der Waals surface area contributed by atoms with Crippen molar-refractivity contribution in [3.05, 3.63) is 29.8 Å². The van der Waals surface area contributed by atoms with Crippen LogP contribution in [0.15, 0.2) is 24.3 Å². The molecule has 4 nitrogen and oxygen atoms in total. The Bertz CT molecular complexity index is 440. The largest absolute Gasteiger partial charge is 0.434 e. The number of carbonyl (C=O) groups is 1. The number of nitrogens with zero attached hydrogens (tertiary/aromatic N) is 1. The summed E-state index contributed by atoms with van der Waals surface area (Å²) < 4.78 is 28.8. The molecule has 1 aliphatic rings. The topological polar surface area (TPSA) is 55.6 Å². The maximum atomic E-state index is 12.2. The van der Waals surface area contributed by atoms with Crippen LogP contribution >= 0.6 is 0 Å². The number of likely N-dealkylation sites (tertiary alicyclic amines) is 1. The third-order valence-corrected chi connectivity index (χ3v) is 2.85. The molecule has 0 radical (unpaired) electrons. The Morgan fingerprint density at radius 3 is 2.78 bits per heavy atom. The van der Waals surface area contributed by atoms with E-state index in [0.717, 1.165) is 6.42 Å². The molecule has 1 aromatic carbocycles. The van der Waals surface area contributed by atoms with Gasteiger partial charge in [-0.25, -0.2) is 0 Å². The minimum atomic E-state index is -2.94. The first-order valence-corrected chi connectivity index (χ1v) is 5.66. The molecule has 0 saturated carbocycles. The van der Waals surface area contributed by atoms with E-state index in [4.69, 9.17) is 5.73 Å². The van der Waals surface area contributed by atoms with Crippen LogP contribution < -0.4 is 10.5 Å². The van der Waals surface area contributed by atoms with Gasteiger partial charge < -0.3 is 15.4 Å². The summed E-state index contributed by atoms with van der Waals surface area (Å²) in [6.45, 7) is -1.95. The molecule has 1 amide bonds. The average Bonchev–Trinajstić information content (AvgIpc) is 2.75. The highest BCUT2D eigenvalue weighted by Crippen LogP contribution is 2.23. The lowest BCUT2D eigenvalue weighted by molar-refractivity contribution is -0.0502. The van der Waals surface area contributed by atoms with Gasteiger partial charge in [-0.05, 0) is 18.6 Å². The first kappa shape index (κ1) is 12.8. The van der Waals surface area contributed by atoms with Crippen LogP contribution in [0.4, 0.5) is 8.78 Å². The van der Waals surface area contributed by atoms with E-state index in [0.29, 0.717) is 13.1 Å². The number of para-hydroxylation sites is 1. The molecule has 0 aliphatic carbocycles. The summed E-state index contributed by atoms with van der Waals surface area (Å²) in [6.07, 6.45) is 0.726. The number of carbonyl (C=O) groups excluding carboxylic acids is 1. The van der Waals surface area contributed by atoms with Crippen LogP contribution in [0.25, 0.3) is 0 Å². The van der Waals surface area contributed by atoms with Gasteiger partial charge in [-0.2, -0.15) is 8.78 Å². The minimum absolute atomic E-state index is 0.0443. The lowest BCUT2D eigenvalue weighted by atomic mass is 10.2. The SMILES string of the molecule is NC1CCN(C(=O)c2ccccc2OC(F)F)C1. The molecular weight excluding hydrogens is 242 g/mol. The predicted octanol–water partition coefficient (Wildman–Crippen LogP) is 1.46. The van der Waals surface area contributed by atoms with Gasteiger partial charge in [-0.15, -0.1) is 0 Å². The van der Waals surface area contributed by atoms with Crippen LogP contribution in [0, 0.1) is 0 Å². The molecule has 0 aromatic heterocycles. The van der Waals surface area contributed by atoms with Crippen LogP contribution in [-0.4, -0.2) is 36.5 Å². The fraction of sp³-hybridized carbons (Fsp3) is 0.417. The zero-order valence-corrected chi connectivity index (χ0v) is 9.68. The second-order valence-corrected chi connectivity index (χ2v) is 4.17. The van der Waals surface area contributed by atoms with E-state index >= 15 is 0 Å². The van der Waals surface area contributed by atoms with Crippen LogP contribution in [0.2, 0.25) is 0 Å². The monoisotopic (exact) mass is 256 g/mol. The number of benzene rings is 1.